The highest BCUT2D eigenvalue weighted by molar-refractivity contribution is 5.93. The summed E-state index contributed by atoms with van der Waals surface area (Å²) in [7, 11) is 1.60. The van der Waals surface area contributed by atoms with E-state index in [4.69, 9.17) is 9.47 Å². The van der Waals surface area contributed by atoms with Gasteiger partial charge < -0.3 is 20.1 Å². The molecule has 0 aromatic heterocycles. The lowest BCUT2D eigenvalue weighted by molar-refractivity contribution is -0.119. The molecule has 1 aromatic carbocycles. The average molecular weight is 278 g/mol. The van der Waals surface area contributed by atoms with Gasteiger partial charge >= 0.3 is 0 Å². The highest BCUT2D eigenvalue weighted by Crippen LogP contribution is 2.30. The Morgan fingerprint density at radius 1 is 1.45 bits per heavy atom. The summed E-state index contributed by atoms with van der Waals surface area (Å²) in [5, 5.41) is 6.23. The molecule has 2 rings (SSSR count). The molecule has 1 saturated heterocycles. The third kappa shape index (κ3) is 3.22. The molecule has 0 bridgehead atoms. The van der Waals surface area contributed by atoms with Crippen molar-refractivity contribution in [3.05, 3.63) is 18.2 Å². The minimum atomic E-state index is 0.0210. The van der Waals surface area contributed by atoms with Crippen molar-refractivity contribution in [2.45, 2.75) is 26.3 Å². The van der Waals surface area contributed by atoms with Crippen LogP contribution < -0.4 is 20.1 Å². The molecule has 1 fully saturated rings. The van der Waals surface area contributed by atoms with Gasteiger partial charge in [-0.15, -0.1) is 0 Å². The summed E-state index contributed by atoms with van der Waals surface area (Å²) in [4.78, 5) is 12.2. The third-order valence-corrected chi connectivity index (χ3v) is 3.59. The summed E-state index contributed by atoms with van der Waals surface area (Å²) in [6.45, 7) is 5.40. The summed E-state index contributed by atoms with van der Waals surface area (Å²) in [5.74, 6) is 1.38. The summed E-state index contributed by atoms with van der Waals surface area (Å²) < 4.78 is 10.7. The van der Waals surface area contributed by atoms with E-state index in [9.17, 15) is 4.79 Å². The maximum atomic E-state index is 12.2. The van der Waals surface area contributed by atoms with Crippen LogP contribution in [0.4, 0.5) is 5.69 Å². The molecule has 5 nitrogen and oxygen atoms in total. The Balaban J connectivity index is 2.09. The molecule has 110 valence electrons. The number of nitrogens with one attached hydrogen (secondary N) is 2. The fourth-order valence-corrected chi connectivity index (χ4v) is 2.47. The first-order chi connectivity index (χ1) is 9.65. The van der Waals surface area contributed by atoms with Crippen LogP contribution in [0.3, 0.4) is 0 Å². The van der Waals surface area contributed by atoms with Gasteiger partial charge in [-0.3, -0.25) is 4.79 Å². The lowest BCUT2D eigenvalue weighted by atomic mass is 10.0. The lowest BCUT2D eigenvalue weighted by Gasteiger charge is -2.16. The van der Waals surface area contributed by atoms with Crippen molar-refractivity contribution >= 4 is 11.6 Å². The number of methoxy groups -OCH3 is 1. The van der Waals surface area contributed by atoms with Gasteiger partial charge in [-0.25, -0.2) is 0 Å². The minimum absolute atomic E-state index is 0.0210. The van der Waals surface area contributed by atoms with Gasteiger partial charge in [-0.2, -0.15) is 0 Å². The van der Waals surface area contributed by atoms with Crippen LogP contribution in [0.15, 0.2) is 18.2 Å². The zero-order valence-corrected chi connectivity index (χ0v) is 12.2. The van der Waals surface area contributed by atoms with Crippen molar-refractivity contribution in [1.82, 2.24) is 5.32 Å². The largest absolute Gasteiger partial charge is 0.493 e. The molecule has 0 aliphatic carbocycles. The maximum Gasteiger partial charge on any atom is 0.229 e. The van der Waals surface area contributed by atoms with Gasteiger partial charge in [0.05, 0.1) is 19.6 Å². The van der Waals surface area contributed by atoms with Crippen molar-refractivity contribution in [2.24, 2.45) is 5.92 Å². The van der Waals surface area contributed by atoms with E-state index >= 15 is 0 Å². The van der Waals surface area contributed by atoms with Crippen LogP contribution in [0, 0.1) is 5.92 Å². The fourth-order valence-electron chi connectivity index (χ4n) is 2.47. The van der Waals surface area contributed by atoms with E-state index in [-0.39, 0.29) is 17.9 Å². The maximum absolute atomic E-state index is 12.2. The number of ether oxygens (including phenoxy) is 2. The SMILES string of the molecule is CCOc1cc(NC(=O)C2CCNC2C)ccc1OC. The molecule has 0 saturated carbocycles. The summed E-state index contributed by atoms with van der Waals surface area (Å²) in [6, 6.07) is 5.65. The second-order valence-electron chi connectivity index (χ2n) is 4.93. The molecule has 2 N–H and O–H groups in total. The molecule has 2 unspecified atom stereocenters. The van der Waals surface area contributed by atoms with Gasteiger partial charge in [0, 0.05) is 17.8 Å². The molecule has 1 heterocycles. The zero-order chi connectivity index (χ0) is 14.5. The number of benzene rings is 1. The van der Waals surface area contributed by atoms with Crippen LogP contribution in [-0.2, 0) is 4.79 Å². The Hall–Kier alpha value is -1.75. The van der Waals surface area contributed by atoms with Gasteiger partial charge in [0.1, 0.15) is 0 Å². The van der Waals surface area contributed by atoms with E-state index in [1.54, 1.807) is 19.2 Å². The van der Waals surface area contributed by atoms with Crippen LogP contribution in [0.1, 0.15) is 20.3 Å². The number of hydrogen-bond donors (Lipinski definition) is 2. The van der Waals surface area contributed by atoms with E-state index in [1.807, 2.05) is 19.9 Å². The second kappa shape index (κ2) is 6.61. The van der Waals surface area contributed by atoms with Gasteiger partial charge in [-0.1, -0.05) is 0 Å². The molecule has 1 amide bonds. The first-order valence-electron chi connectivity index (χ1n) is 7.00. The Morgan fingerprint density at radius 2 is 2.25 bits per heavy atom. The van der Waals surface area contributed by atoms with E-state index in [1.165, 1.54) is 0 Å². The van der Waals surface area contributed by atoms with Crippen LogP contribution in [0.5, 0.6) is 11.5 Å². The highest BCUT2D eigenvalue weighted by atomic mass is 16.5. The predicted molar refractivity (Wildman–Crippen MR) is 78.4 cm³/mol. The Morgan fingerprint density at radius 3 is 2.85 bits per heavy atom. The average Bonchev–Trinajstić information content (AvgIpc) is 2.86. The standard InChI is InChI=1S/C15H22N2O3/c1-4-20-14-9-11(5-6-13(14)19-3)17-15(18)12-7-8-16-10(12)2/h5-6,9-10,12,16H,4,7-8H2,1-3H3,(H,17,18). The number of amides is 1. The second-order valence-corrected chi connectivity index (χ2v) is 4.93. The molecule has 5 heteroatoms. The molecule has 1 aliphatic rings. The summed E-state index contributed by atoms with van der Waals surface area (Å²) >= 11 is 0. The zero-order valence-electron chi connectivity index (χ0n) is 12.2. The topological polar surface area (TPSA) is 59.6 Å². The molecule has 20 heavy (non-hydrogen) atoms. The summed E-state index contributed by atoms with van der Waals surface area (Å²) in [6.07, 6.45) is 0.876. The molecule has 0 spiro atoms. The third-order valence-electron chi connectivity index (χ3n) is 3.59. The normalized spacial score (nSPS) is 21.6. The van der Waals surface area contributed by atoms with Crippen LogP contribution in [-0.4, -0.2) is 32.2 Å². The first kappa shape index (κ1) is 14.7. The molecule has 0 radical (unpaired) electrons. The van der Waals surface area contributed by atoms with E-state index in [2.05, 4.69) is 10.6 Å². The van der Waals surface area contributed by atoms with Gasteiger partial charge in [0.2, 0.25) is 5.91 Å². The molecule has 1 aliphatic heterocycles. The molecule has 2 atom stereocenters. The fraction of sp³-hybridized carbons (Fsp3) is 0.533. The monoisotopic (exact) mass is 278 g/mol. The van der Waals surface area contributed by atoms with Crippen LogP contribution in [0.25, 0.3) is 0 Å². The number of anilines is 1. The number of carbonyl (C=O) groups is 1. The number of carbonyl (C=O) groups excluding carboxylic acids is 1. The van der Waals surface area contributed by atoms with Crippen molar-refractivity contribution in [2.75, 3.05) is 25.6 Å². The minimum Gasteiger partial charge on any atom is -0.493 e. The Labute approximate surface area is 119 Å². The Kier molecular flexibility index (Phi) is 4.84. The summed E-state index contributed by atoms with van der Waals surface area (Å²) in [5.41, 5.74) is 0.735. The molecular formula is C15H22N2O3. The van der Waals surface area contributed by atoms with E-state index in [0.29, 0.717) is 18.1 Å². The van der Waals surface area contributed by atoms with Crippen LogP contribution in [0.2, 0.25) is 0 Å². The molecular weight excluding hydrogens is 256 g/mol. The van der Waals surface area contributed by atoms with E-state index < -0.39 is 0 Å². The van der Waals surface area contributed by atoms with Crippen LogP contribution >= 0.6 is 0 Å². The first-order valence-corrected chi connectivity index (χ1v) is 7.00. The lowest BCUT2D eigenvalue weighted by Crippen LogP contribution is -2.32. The van der Waals surface area contributed by atoms with Crippen molar-refractivity contribution in [3.8, 4) is 11.5 Å². The number of rotatable bonds is 5. The van der Waals surface area contributed by atoms with Crippen molar-refractivity contribution in [1.29, 1.82) is 0 Å². The quantitative estimate of drug-likeness (QED) is 0.865. The predicted octanol–water partition coefficient (Wildman–Crippen LogP) is 2.03. The number of hydrogen-bond acceptors (Lipinski definition) is 4. The Bertz CT molecular complexity index is 476. The van der Waals surface area contributed by atoms with Crippen molar-refractivity contribution in [3.63, 3.8) is 0 Å². The smallest absolute Gasteiger partial charge is 0.229 e. The molecule has 1 aromatic rings. The van der Waals surface area contributed by atoms with Gasteiger partial charge in [-0.05, 0) is 38.9 Å². The highest BCUT2D eigenvalue weighted by Gasteiger charge is 2.29. The van der Waals surface area contributed by atoms with Gasteiger partial charge in [0.25, 0.3) is 0 Å². The van der Waals surface area contributed by atoms with E-state index in [0.717, 1.165) is 18.7 Å². The van der Waals surface area contributed by atoms with Gasteiger partial charge in [0.15, 0.2) is 11.5 Å². The van der Waals surface area contributed by atoms with Crippen molar-refractivity contribution < 1.29 is 14.3 Å².